The summed E-state index contributed by atoms with van der Waals surface area (Å²) in [6, 6.07) is 3.73. The molecule has 2 N–H and O–H groups in total. The summed E-state index contributed by atoms with van der Waals surface area (Å²) in [5.41, 5.74) is 2.59. The third-order valence-electron chi connectivity index (χ3n) is 2.86. The van der Waals surface area contributed by atoms with Gasteiger partial charge in [0.1, 0.15) is 11.6 Å². The third kappa shape index (κ3) is 2.57. The lowest BCUT2D eigenvalue weighted by atomic mass is 10.1. The van der Waals surface area contributed by atoms with E-state index in [1.165, 1.54) is 0 Å². The summed E-state index contributed by atoms with van der Waals surface area (Å²) in [6.45, 7) is 5.59. The van der Waals surface area contributed by atoms with Crippen molar-refractivity contribution in [2.24, 2.45) is 0 Å². The first-order valence-corrected chi connectivity index (χ1v) is 5.87. The molecule has 2 rings (SSSR count). The molecule has 0 saturated carbocycles. The number of aromatic amines is 1. The van der Waals surface area contributed by atoms with Crippen molar-refractivity contribution in [2.45, 2.75) is 20.8 Å². The molecule has 6 heteroatoms. The minimum absolute atomic E-state index is 0.122. The topological polar surface area (TPSA) is 79.9 Å². The number of aromatic nitrogens is 3. The van der Waals surface area contributed by atoms with Gasteiger partial charge < -0.3 is 10.1 Å². The molecule has 0 radical (unpaired) electrons. The van der Waals surface area contributed by atoms with Crippen molar-refractivity contribution in [3.8, 4) is 5.75 Å². The average molecular weight is 260 g/mol. The van der Waals surface area contributed by atoms with E-state index in [0.29, 0.717) is 11.5 Å². The first kappa shape index (κ1) is 13.1. The fraction of sp³-hybridized carbons (Fsp3) is 0.308. The highest BCUT2D eigenvalue weighted by Crippen LogP contribution is 2.29. The molecule has 2 aromatic rings. The number of aryl methyl sites for hydroxylation is 2. The second-order valence-electron chi connectivity index (χ2n) is 4.29. The van der Waals surface area contributed by atoms with Crippen molar-refractivity contribution in [1.29, 1.82) is 0 Å². The predicted molar refractivity (Wildman–Crippen MR) is 71.5 cm³/mol. The second kappa shape index (κ2) is 5.09. The molecule has 1 heterocycles. The molecule has 0 fully saturated rings. The van der Waals surface area contributed by atoms with Gasteiger partial charge in [-0.2, -0.15) is 0 Å². The number of carbonyl (C=O) groups excluding carboxylic acids is 1. The second-order valence-corrected chi connectivity index (χ2v) is 4.29. The van der Waals surface area contributed by atoms with Gasteiger partial charge in [0.2, 0.25) is 5.82 Å². The molecule has 19 heavy (non-hydrogen) atoms. The molecular weight excluding hydrogens is 244 g/mol. The van der Waals surface area contributed by atoms with E-state index in [4.69, 9.17) is 4.74 Å². The summed E-state index contributed by atoms with van der Waals surface area (Å²) in [5, 5.41) is 9.24. The van der Waals surface area contributed by atoms with E-state index < -0.39 is 0 Å². The Balaban J connectivity index is 2.27. The molecule has 0 aliphatic heterocycles. The van der Waals surface area contributed by atoms with Crippen LogP contribution in [0.15, 0.2) is 12.1 Å². The Morgan fingerprint density at radius 2 is 2.05 bits per heavy atom. The highest BCUT2D eigenvalue weighted by molar-refractivity contribution is 6.02. The number of methoxy groups -OCH3 is 1. The Hall–Kier alpha value is -2.37. The van der Waals surface area contributed by atoms with Crippen LogP contribution in [-0.2, 0) is 0 Å². The highest BCUT2D eigenvalue weighted by Gasteiger charge is 2.14. The number of hydrogen-bond donors (Lipinski definition) is 2. The van der Waals surface area contributed by atoms with Crippen LogP contribution in [0.4, 0.5) is 5.69 Å². The van der Waals surface area contributed by atoms with Gasteiger partial charge in [-0.05, 0) is 32.4 Å². The molecule has 1 amide bonds. The van der Waals surface area contributed by atoms with Crippen LogP contribution in [0.5, 0.6) is 5.75 Å². The zero-order valence-corrected chi connectivity index (χ0v) is 11.4. The van der Waals surface area contributed by atoms with Gasteiger partial charge in [0, 0.05) is 11.3 Å². The first-order chi connectivity index (χ1) is 9.02. The van der Waals surface area contributed by atoms with E-state index in [2.05, 4.69) is 20.5 Å². The maximum atomic E-state index is 12.0. The summed E-state index contributed by atoms with van der Waals surface area (Å²) in [6.07, 6.45) is 0. The van der Waals surface area contributed by atoms with Gasteiger partial charge in [-0.15, -0.1) is 5.10 Å². The number of H-pyrrole nitrogens is 1. The zero-order chi connectivity index (χ0) is 14.0. The Morgan fingerprint density at radius 3 is 2.63 bits per heavy atom. The molecule has 100 valence electrons. The molecule has 1 aromatic carbocycles. The standard InChI is InChI=1S/C13H16N4O2/c1-7-5-6-10(8(2)11(7)19-4)15-13(18)12-14-9(3)16-17-12/h5-6H,1-4H3,(H,15,18)(H,14,16,17). The zero-order valence-electron chi connectivity index (χ0n) is 11.4. The van der Waals surface area contributed by atoms with Crippen LogP contribution < -0.4 is 10.1 Å². The fourth-order valence-corrected chi connectivity index (χ4v) is 1.90. The SMILES string of the molecule is COc1c(C)ccc(NC(=O)c2n[nH]c(C)n2)c1C. The summed E-state index contributed by atoms with van der Waals surface area (Å²) >= 11 is 0. The largest absolute Gasteiger partial charge is 0.496 e. The molecule has 6 nitrogen and oxygen atoms in total. The molecule has 0 bridgehead atoms. The lowest BCUT2D eigenvalue weighted by molar-refractivity contribution is 0.101. The minimum Gasteiger partial charge on any atom is -0.496 e. The van der Waals surface area contributed by atoms with Gasteiger partial charge in [0.15, 0.2) is 0 Å². The molecule has 0 atom stereocenters. The van der Waals surface area contributed by atoms with E-state index in [-0.39, 0.29) is 11.7 Å². The lowest BCUT2D eigenvalue weighted by Gasteiger charge is -2.13. The number of rotatable bonds is 3. The van der Waals surface area contributed by atoms with Gasteiger partial charge in [0.25, 0.3) is 5.91 Å². The van der Waals surface area contributed by atoms with Gasteiger partial charge in [-0.1, -0.05) is 6.07 Å². The van der Waals surface area contributed by atoms with Crippen LogP contribution in [0.2, 0.25) is 0 Å². The van der Waals surface area contributed by atoms with Crippen LogP contribution in [0, 0.1) is 20.8 Å². The Morgan fingerprint density at radius 1 is 1.32 bits per heavy atom. The summed E-state index contributed by atoms with van der Waals surface area (Å²) in [4.78, 5) is 16.0. The van der Waals surface area contributed by atoms with Crippen molar-refractivity contribution in [2.75, 3.05) is 12.4 Å². The minimum atomic E-state index is -0.349. The van der Waals surface area contributed by atoms with Gasteiger partial charge >= 0.3 is 0 Å². The Labute approximate surface area is 111 Å². The summed E-state index contributed by atoms with van der Waals surface area (Å²) in [5.74, 6) is 1.14. The molecule has 0 saturated heterocycles. The van der Waals surface area contributed by atoms with Gasteiger partial charge in [-0.25, -0.2) is 4.98 Å². The van der Waals surface area contributed by atoms with Crippen molar-refractivity contribution < 1.29 is 9.53 Å². The van der Waals surface area contributed by atoms with E-state index in [9.17, 15) is 4.79 Å². The Bertz CT molecular complexity index is 619. The molecule has 0 unspecified atom stereocenters. The number of amides is 1. The van der Waals surface area contributed by atoms with Crippen LogP contribution in [-0.4, -0.2) is 28.2 Å². The first-order valence-electron chi connectivity index (χ1n) is 5.87. The predicted octanol–water partition coefficient (Wildman–Crippen LogP) is 1.99. The maximum Gasteiger partial charge on any atom is 0.295 e. The van der Waals surface area contributed by atoms with Crippen LogP contribution >= 0.6 is 0 Å². The van der Waals surface area contributed by atoms with E-state index >= 15 is 0 Å². The highest BCUT2D eigenvalue weighted by atomic mass is 16.5. The third-order valence-corrected chi connectivity index (χ3v) is 2.86. The number of carbonyl (C=O) groups is 1. The van der Waals surface area contributed by atoms with Crippen molar-refractivity contribution in [1.82, 2.24) is 15.2 Å². The normalized spacial score (nSPS) is 10.3. The van der Waals surface area contributed by atoms with Crippen molar-refractivity contribution >= 4 is 11.6 Å². The smallest absolute Gasteiger partial charge is 0.295 e. The quantitative estimate of drug-likeness (QED) is 0.884. The van der Waals surface area contributed by atoms with Gasteiger partial charge in [0.05, 0.1) is 7.11 Å². The van der Waals surface area contributed by atoms with Crippen molar-refractivity contribution in [3.63, 3.8) is 0 Å². The van der Waals surface area contributed by atoms with Crippen LogP contribution in [0.25, 0.3) is 0 Å². The maximum absolute atomic E-state index is 12.0. The monoisotopic (exact) mass is 260 g/mol. The van der Waals surface area contributed by atoms with E-state index in [0.717, 1.165) is 16.9 Å². The number of ether oxygens (including phenoxy) is 1. The number of benzene rings is 1. The van der Waals surface area contributed by atoms with Crippen LogP contribution in [0.1, 0.15) is 27.6 Å². The summed E-state index contributed by atoms with van der Waals surface area (Å²) < 4.78 is 5.32. The molecule has 0 aliphatic rings. The number of hydrogen-bond acceptors (Lipinski definition) is 4. The molecule has 0 spiro atoms. The van der Waals surface area contributed by atoms with Crippen LogP contribution in [0.3, 0.4) is 0 Å². The number of anilines is 1. The number of nitrogens with zero attached hydrogens (tertiary/aromatic N) is 2. The summed E-state index contributed by atoms with van der Waals surface area (Å²) in [7, 11) is 1.61. The van der Waals surface area contributed by atoms with Crippen molar-refractivity contribution in [3.05, 3.63) is 34.9 Å². The molecule has 1 aromatic heterocycles. The van der Waals surface area contributed by atoms with E-state index in [1.807, 2.05) is 26.0 Å². The molecule has 0 aliphatic carbocycles. The average Bonchev–Trinajstić information content (AvgIpc) is 2.80. The van der Waals surface area contributed by atoms with E-state index in [1.54, 1.807) is 14.0 Å². The van der Waals surface area contributed by atoms with Gasteiger partial charge in [-0.3, -0.25) is 9.89 Å². The number of nitrogens with one attached hydrogen (secondary N) is 2. The molecular formula is C13H16N4O2. The lowest BCUT2D eigenvalue weighted by Crippen LogP contribution is -2.15. The fourth-order valence-electron chi connectivity index (χ4n) is 1.90. The Kier molecular flexibility index (Phi) is 3.50.